The molecule has 142 valence electrons. The molecule has 26 heavy (non-hydrogen) atoms. The molecule has 9 heteroatoms. The molecule has 2 heterocycles. The average Bonchev–Trinajstić information content (AvgIpc) is 3.13. The number of phenolic OH excluding ortho intramolecular Hbond substituents is 1. The Hall–Kier alpha value is -1.88. The van der Waals surface area contributed by atoms with Gasteiger partial charge in [-0.25, -0.2) is 4.39 Å². The summed E-state index contributed by atoms with van der Waals surface area (Å²) in [7, 11) is 1.74. The molecule has 0 amide bonds. The molecule has 0 spiro atoms. The fraction of sp³-hybridized carbons (Fsp3) is 0.412. The number of phenols is 1. The second-order valence-corrected chi connectivity index (χ2v) is 5.94. The van der Waals surface area contributed by atoms with Crippen LogP contribution in [0.2, 0.25) is 0 Å². The van der Waals surface area contributed by atoms with Gasteiger partial charge in [0.15, 0.2) is 17.5 Å². The first kappa shape index (κ1) is 20.4. The highest BCUT2D eigenvalue weighted by Crippen LogP contribution is 2.16. The number of piperazine rings is 1. The molecule has 1 fully saturated rings. The van der Waals surface area contributed by atoms with Crippen molar-refractivity contribution < 1.29 is 14.0 Å². The number of aliphatic imine (C=N–C) groups is 1. The normalized spacial score (nSPS) is 15.6. The Bertz CT molecular complexity index is 718. The van der Waals surface area contributed by atoms with Crippen LogP contribution in [0.15, 0.2) is 40.0 Å². The molecule has 7 nitrogen and oxygen atoms in total. The van der Waals surface area contributed by atoms with Gasteiger partial charge in [-0.05, 0) is 17.7 Å². The predicted molar refractivity (Wildman–Crippen MR) is 107 cm³/mol. The monoisotopic (exact) mass is 475 g/mol. The highest BCUT2D eigenvalue weighted by molar-refractivity contribution is 14.0. The molecule has 3 rings (SSSR count). The average molecular weight is 475 g/mol. The number of hydrogen-bond acceptors (Lipinski definition) is 5. The molecule has 0 atom stereocenters. The van der Waals surface area contributed by atoms with E-state index in [1.807, 2.05) is 6.07 Å². The van der Waals surface area contributed by atoms with Gasteiger partial charge in [0.05, 0.1) is 5.69 Å². The molecule has 1 aromatic heterocycles. The van der Waals surface area contributed by atoms with Gasteiger partial charge in [-0.1, -0.05) is 11.2 Å². The number of halogens is 2. The van der Waals surface area contributed by atoms with E-state index in [-0.39, 0.29) is 29.7 Å². The lowest BCUT2D eigenvalue weighted by molar-refractivity contribution is 0.169. The summed E-state index contributed by atoms with van der Waals surface area (Å²) in [6.07, 6.45) is 1.59. The lowest BCUT2D eigenvalue weighted by Gasteiger charge is -2.36. The van der Waals surface area contributed by atoms with Gasteiger partial charge in [-0.3, -0.25) is 9.89 Å². The van der Waals surface area contributed by atoms with Crippen LogP contribution in [-0.2, 0) is 13.1 Å². The van der Waals surface area contributed by atoms with Crippen LogP contribution < -0.4 is 5.32 Å². The molecule has 2 aromatic rings. The van der Waals surface area contributed by atoms with Crippen LogP contribution in [0.5, 0.6) is 5.75 Å². The molecular weight excluding hydrogens is 452 g/mol. The third-order valence-corrected chi connectivity index (χ3v) is 4.22. The highest BCUT2D eigenvalue weighted by atomic mass is 127. The second-order valence-electron chi connectivity index (χ2n) is 5.94. The molecule has 0 aliphatic carbocycles. The number of nitrogens with one attached hydrogen (secondary N) is 1. The predicted octanol–water partition coefficient (Wildman–Crippen LogP) is 2.03. The van der Waals surface area contributed by atoms with E-state index < -0.39 is 5.82 Å². The fourth-order valence-electron chi connectivity index (χ4n) is 2.84. The molecular formula is C17H23FIN5O2. The van der Waals surface area contributed by atoms with Crippen molar-refractivity contribution in [2.24, 2.45) is 4.99 Å². The van der Waals surface area contributed by atoms with Crippen molar-refractivity contribution in [3.05, 3.63) is 47.6 Å². The Morgan fingerprint density at radius 2 is 2.08 bits per heavy atom. The first-order valence-electron chi connectivity index (χ1n) is 8.20. The standard InChI is InChI=1S/C17H22FN5O2.HI/c1-19-17(20-11-13-2-3-16(24)15(18)10-13)23-7-5-22(6-8-23)12-14-4-9-25-21-14;/h2-4,9-10,24H,5-8,11-12H2,1H3,(H,19,20);1H. The Morgan fingerprint density at radius 1 is 1.31 bits per heavy atom. The molecule has 1 aliphatic heterocycles. The smallest absolute Gasteiger partial charge is 0.194 e. The van der Waals surface area contributed by atoms with Crippen LogP contribution in [0, 0.1) is 5.82 Å². The molecule has 0 unspecified atom stereocenters. The summed E-state index contributed by atoms with van der Waals surface area (Å²) >= 11 is 0. The minimum Gasteiger partial charge on any atom is -0.505 e. The fourth-order valence-corrected chi connectivity index (χ4v) is 2.84. The molecule has 1 saturated heterocycles. The van der Waals surface area contributed by atoms with Crippen molar-refractivity contribution in [2.75, 3.05) is 33.2 Å². The Morgan fingerprint density at radius 3 is 2.69 bits per heavy atom. The van der Waals surface area contributed by atoms with Crippen LogP contribution in [0.3, 0.4) is 0 Å². The number of aromatic nitrogens is 1. The molecule has 1 aliphatic rings. The topological polar surface area (TPSA) is 77.1 Å². The summed E-state index contributed by atoms with van der Waals surface area (Å²) in [4.78, 5) is 8.80. The van der Waals surface area contributed by atoms with Gasteiger partial charge in [0.1, 0.15) is 6.26 Å². The summed E-state index contributed by atoms with van der Waals surface area (Å²) < 4.78 is 18.3. The van der Waals surface area contributed by atoms with Crippen LogP contribution >= 0.6 is 24.0 Å². The van der Waals surface area contributed by atoms with Crippen molar-refractivity contribution in [2.45, 2.75) is 13.1 Å². The van der Waals surface area contributed by atoms with Gasteiger partial charge in [0.2, 0.25) is 0 Å². The van der Waals surface area contributed by atoms with E-state index in [9.17, 15) is 9.50 Å². The third kappa shape index (κ3) is 5.31. The van der Waals surface area contributed by atoms with Gasteiger partial charge in [-0.2, -0.15) is 0 Å². The SMILES string of the molecule is CN=C(NCc1ccc(O)c(F)c1)N1CCN(Cc2ccon2)CC1.I. The number of hydrogen-bond donors (Lipinski definition) is 2. The Kier molecular flexibility index (Phi) is 7.64. The lowest BCUT2D eigenvalue weighted by atomic mass is 10.2. The van der Waals surface area contributed by atoms with Crippen molar-refractivity contribution in [1.29, 1.82) is 0 Å². The zero-order valence-electron chi connectivity index (χ0n) is 14.6. The van der Waals surface area contributed by atoms with E-state index in [2.05, 4.69) is 25.3 Å². The molecule has 0 bridgehead atoms. The molecule has 0 radical (unpaired) electrons. The second kappa shape index (κ2) is 9.72. The first-order chi connectivity index (χ1) is 12.2. The Labute approximate surface area is 168 Å². The van der Waals surface area contributed by atoms with Gasteiger partial charge < -0.3 is 19.8 Å². The third-order valence-electron chi connectivity index (χ3n) is 4.22. The molecule has 0 saturated carbocycles. The maximum atomic E-state index is 13.4. The minimum atomic E-state index is -0.615. The maximum Gasteiger partial charge on any atom is 0.194 e. The minimum absolute atomic E-state index is 0. The van der Waals surface area contributed by atoms with Crippen LogP contribution in [0.25, 0.3) is 0 Å². The van der Waals surface area contributed by atoms with Crippen LogP contribution in [0.4, 0.5) is 4.39 Å². The lowest BCUT2D eigenvalue weighted by Crippen LogP contribution is -2.52. The summed E-state index contributed by atoms with van der Waals surface area (Å²) in [5, 5.41) is 16.4. The van der Waals surface area contributed by atoms with Gasteiger partial charge in [-0.15, -0.1) is 24.0 Å². The van der Waals surface area contributed by atoms with E-state index in [0.29, 0.717) is 6.54 Å². The van der Waals surface area contributed by atoms with E-state index in [1.54, 1.807) is 19.4 Å². The number of nitrogens with zero attached hydrogens (tertiary/aromatic N) is 4. The van der Waals surface area contributed by atoms with E-state index in [4.69, 9.17) is 4.52 Å². The first-order valence-corrected chi connectivity index (χ1v) is 8.20. The van der Waals surface area contributed by atoms with Crippen LogP contribution in [-0.4, -0.2) is 59.2 Å². The quantitative estimate of drug-likeness (QED) is 0.401. The van der Waals surface area contributed by atoms with E-state index in [0.717, 1.165) is 49.9 Å². The van der Waals surface area contributed by atoms with E-state index in [1.165, 1.54) is 12.1 Å². The zero-order valence-corrected chi connectivity index (χ0v) is 16.9. The van der Waals surface area contributed by atoms with Crippen molar-refractivity contribution in [1.82, 2.24) is 20.3 Å². The highest BCUT2D eigenvalue weighted by Gasteiger charge is 2.20. The number of guanidine groups is 1. The summed E-state index contributed by atoms with van der Waals surface area (Å²) in [6, 6.07) is 6.25. The summed E-state index contributed by atoms with van der Waals surface area (Å²) in [6.45, 7) is 4.73. The van der Waals surface area contributed by atoms with Crippen molar-refractivity contribution >= 4 is 29.9 Å². The van der Waals surface area contributed by atoms with Crippen molar-refractivity contribution in [3.8, 4) is 5.75 Å². The number of aromatic hydroxyl groups is 1. The summed E-state index contributed by atoms with van der Waals surface area (Å²) in [5.74, 6) is -0.165. The Balaban J connectivity index is 0.00000243. The molecule has 2 N–H and O–H groups in total. The van der Waals surface area contributed by atoms with Crippen molar-refractivity contribution in [3.63, 3.8) is 0 Å². The zero-order chi connectivity index (χ0) is 17.6. The van der Waals surface area contributed by atoms with Crippen LogP contribution in [0.1, 0.15) is 11.3 Å². The van der Waals surface area contributed by atoms with Gasteiger partial charge in [0, 0.05) is 52.4 Å². The van der Waals surface area contributed by atoms with E-state index >= 15 is 0 Å². The van der Waals surface area contributed by atoms with Gasteiger partial charge in [0.25, 0.3) is 0 Å². The number of rotatable bonds is 4. The van der Waals surface area contributed by atoms with Gasteiger partial charge >= 0.3 is 0 Å². The summed E-state index contributed by atoms with van der Waals surface area (Å²) in [5.41, 5.74) is 1.69. The molecule has 1 aromatic carbocycles. The number of benzene rings is 1. The largest absolute Gasteiger partial charge is 0.505 e. The maximum absolute atomic E-state index is 13.4.